The average molecular weight is 206 g/mol. The lowest BCUT2D eigenvalue weighted by atomic mass is 10.2. The van der Waals surface area contributed by atoms with Crippen LogP contribution in [-0.4, -0.2) is 19.8 Å². The predicted octanol–water partition coefficient (Wildman–Crippen LogP) is 2.58. The van der Waals surface area contributed by atoms with Gasteiger partial charge in [0.05, 0.1) is 5.69 Å². The smallest absolute Gasteiger partial charge is 0.177 e. The van der Waals surface area contributed by atoms with Crippen LogP contribution in [0.4, 0.5) is 0 Å². The van der Waals surface area contributed by atoms with Gasteiger partial charge in [0.1, 0.15) is 0 Å². The topological polar surface area (TPSA) is 43.1 Å². The molecule has 0 N–H and O–H groups in total. The normalized spacial score (nSPS) is 10.3. The van der Waals surface area contributed by atoms with Gasteiger partial charge in [0, 0.05) is 5.92 Å². The standard InChI is InChI=1S/C9H12N4.C2H6/c1-6(2)9-11-10-8-5-4-7(3)12-13(8)9;1-2/h4-6H,1-3H3;1-2H3. The molecule has 0 aliphatic heterocycles. The zero-order valence-electron chi connectivity index (χ0n) is 10.0. The Balaban J connectivity index is 0.000000531. The van der Waals surface area contributed by atoms with Crippen molar-refractivity contribution in [1.82, 2.24) is 19.8 Å². The van der Waals surface area contributed by atoms with Crippen molar-refractivity contribution in [2.45, 2.75) is 40.5 Å². The van der Waals surface area contributed by atoms with Crippen molar-refractivity contribution < 1.29 is 0 Å². The van der Waals surface area contributed by atoms with E-state index in [1.165, 1.54) is 0 Å². The second-order valence-corrected chi connectivity index (χ2v) is 3.46. The molecular formula is C11H18N4. The molecule has 0 aromatic carbocycles. The van der Waals surface area contributed by atoms with E-state index in [9.17, 15) is 0 Å². The summed E-state index contributed by atoms with van der Waals surface area (Å²) in [5.74, 6) is 1.27. The summed E-state index contributed by atoms with van der Waals surface area (Å²) < 4.78 is 1.81. The lowest BCUT2D eigenvalue weighted by Gasteiger charge is -2.01. The van der Waals surface area contributed by atoms with Crippen molar-refractivity contribution in [3.05, 3.63) is 23.7 Å². The summed E-state index contributed by atoms with van der Waals surface area (Å²) in [7, 11) is 0. The van der Waals surface area contributed by atoms with Crippen molar-refractivity contribution in [2.75, 3.05) is 0 Å². The fourth-order valence-electron chi connectivity index (χ4n) is 1.26. The van der Waals surface area contributed by atoms with Crippen LogP contribution in [0.2, 0.25) is 0 Å². The quantitative estimate of drug-likeness (QED) is 0.720. The van der Waals surface area contributed by atoms with Gasteiger partial charge in [-0.25, -0.2) is 0 Å². The Bertz CT molecular complexity index is 431. The average Bonchev–Trinajstić information content (AvgIpc) is 2.63. The predicted molar refractivity (Wildman–Crippen MR) is 61.0 cm³/mol. The molecule has 2 heterocycles. The summed E-state index contributed by atoms with van der Waals surface area (Å²) in [6.07, 6.45) is 0. The summed E-state index contributed by atoms with van der Waals surface area (Å²) in [6, 6.07) is 3.87. The Hall–Kier alpha value is -1.45. The van der Waals surface area contributed by atoms with Crippen LogP contribution in [-0.2, 0) is 0 Å². The van der Waals surface area contributed by atoms with Gasteiger partial charge in [-0.05, 0) is 19.1 Å². The summed E-state index contributed by atoms with van der Waals surface area (Å²) in [4.78, 5) is 0. The Morgan fingerprint density at radius 3 is 2.40 bits per heavy atom. The van der Waals surface area contributed by atoms with E-state index in [1.807, 2.05) is 32.9 Å². The first-order chi connectivity index (χ1) is 7.18. The summed E-state index contributed by atoms with van der Waals surface area (Å²) in [5, 5.41) is 12.5. The molecule has 0 aliphatic rings. The molecule has 0 bridgehead atoms. The third kappa shape index (κ3) is 2.32. The van der Waals surface area contributed by atoms with E-state index in [2.05, 4.69) is 29.1 Å². The van der Waals surface area contributed by atoms with E-state index in [-0.39, 0.29) is 0 Å². The number of hydrogen-bond donors (Lipinski definition) is 0. The van der Waals surface area contributed by atoms with E-state index in [1.54, 1.807) is 4.52 Å². The minimum absolute atomic E-state index is 0.351. The number of nitrogens with zero attached hydrogens (tertiary/aromatic N) is 4. The molecule has 0 aliphatic carbocycles. The Labute approximate surface area is 90.3 Å². The van der Waals surface area contributed by atoms with Crippen LogP contribution in [0.3, 0.4) is 0 Å². The van der Waals surface area contributed by atoms with Gasteiger partial charge in [0.2, 0.25) is 0 Å². The second-order valence-electron chi connectivity index (χ2n) is 3.46. The molecule has 0 amide bonds. The fraction of sp³-hybridized carbons (Fsp3) is 0.545. The van der Waals surface area contributed by atoms with Gasteiger partial charge in [-0.1, -0.05) is 27.7 Å². The minimum Gasteiger partial charge on any atom is -0.197 e. The van der Waals surface area contributed by atoms with Crippen molar-refractivity contribution in [3.63, 3.8) is 0 Å². The maximum absolute atomic E-state index is 4.35. The van der Waals surface area contributed by atoms with Gasteiger partial charge in [0.25, 0.3) is 0 Å². The highest BCUT2D eigenvalue weighted by Gasteiger charge is 2.09. The van der Waals surface area contributed by atoms with Crippen LogP contribution in [0.15, 0.2) is 12.1 Å². The van der Waals surface area contributed by atoms with Crippen LogP contribution >= 0.6 is 0 Å². The maximum Gasteiger partial charge on any atom is 0.177 e. The molecule has 0 atom stereocenters. The van der Waals surface area contributed by atoms with E-state index in [4.69, 9.17) is 0 Å². The van der Waals surface area contributed by atoms with Crippen LogP contribution in [0.5, 0.6) is 0 Å². The van der Waals surface area contributed by atoms with E-state index >= 15 is 0 Å². The van der Waals surface area contributed by atoms with Gasteiger partial charge in [-0.15, -0.1) is 10.2 Å². The molecule has 82 valence electrons. The zero-order valence-corrected chi connectivity index (χ0v) is 10.0. The molecule has 0 radical (unpaired) electrons. The van der Waals surface area contributed by atoms with Gasteiger partial charge in [-0.2, -0.15) is 9.61 Å². The number of aryl methyl sites for hydroxylation is 1. The Morgan fingerprint density at radius 1 is 1.13 bits per heavy atom. The van der Waals surface area contributed by atoms with Crippen LogP contribution in [0.1, 0.15) is 45.1 Å². The van der Waals surface area contributed by atoms with Gasteiger partial charge in [0.15, 0.2) is 11.5 Å². The molecule has 4 heteroatoms. The highest BCUT2D eigenvalue weighted by molar-refractivity contribution is 5.36. The first-order valence-corrected chi connectivity index (χ1v) is 5.37. The molecule has 0 unspecified atom stereocenters. The van der Waals surface area contributed by atoms with Gasteiger partial charge in [-0.3, -0.25) is 0 Å². The van der Waals surface area contributed by atoms with E-state index < -0.39 is 0 Å². The molecule has 0 saturated heterocycles. The van der Waals surface area contributed by atoms with E-state index in [0.29, 0.717) is 5.92 Å². The monoisotopic (exact) mass is 206 g/mol. The van der Waals surface area contributed by atoms with Crippen LogP contribution in [0.25, 0.3) is 5.65 Å². The molecule has 2 aromatic heterocycles. The van der Waals surface area contributed by atoms with E-state index in [0.717, 1.165) is 17.2 Å². The Morgan fingerprint density at radius 2 is 1.80 bits per heavy atom. The molecule has 4 nitrogen and oxygen atoms in total. The van der Waals surface area contributed by atoms with Gasteiger partial charge < -0.3 is 0 Å². The summed E-state index contributed by atoms with van der Waals surface area (Å²) >= 11 is 0. The molecule has 15 heavy (non-hydrogen) atoms. The summed E-state index contributed by atoms with van der Waals surface area (Å²) in [6.45, 7) is 10.1. The molecule has 0 saturated carbocycles. The Kier molecular flexibility index (Phi) is 3.77. The van der Waals surface area contributed by atoms with Crippen molar-refractivity contribution >= 4 is 5.65 Å². The first-order valence-electron chi connectivity index (χ1n) is 5.37. The van der Waals surface area contributed by atoms with Crippen molar-refractivity contribution in [2.24, 2.45) is 0 Å². The number of rotatable bonds is 1. The summed E-state index contributed by atoms with van der Waals surface area (Å²) in [5.41, 5.74) is 1.79. The van der Waals surface area contributed by atoms with Crippen LogP contribution in [0, 0.1) is 6.92 Å². The van der Waals surface area contributed by atoms with Crippen molar-refractivity contribution in [1.29, 1.82) is 0 Å². The number of hydrogen-bond acceptors (Lipinski definition) is 3. The maximum atomic E-state index is 4.35. The molecular weight excluding hydrogens is 188 g/mol. The molecule has 0 spiro atoms. The van der Waals surface area contributed by atoms with Gasteiger partial charge >= 0.3 is 0 Å². The lowest BCUT2D eigenvalue weighted by Crippen LogP contribution is -2.01. The SMILES string of the molecule is CC.Cc1ccc2nnc(C(C)C)n2n1. The molecule has 2 rings (SSSR count). The lowest BCUT2D eigenvalue weighted by molar-refractivity contribution is 0.715. The van der Waals surface area contributed by atoms with Crippen molar-refractivity contribution in [3.8, 4) is 0 Å². The molecule has 0 fully saturated rings. The number of fused-ring (bicyclic) bond motifs is 1. The second kappa shape index (κ2) is 4.87. The highest BCUT2D eigenvalue weighted by atomic mass is 15.4. The van der Waals surface area contributed by atoms with Crippen LogP contribution < -0.4 is 0 Å². The fourth-order valence-corrected chi connectivity index (χ4v) is 1.26. The first kappa shape index (κ1) is 11.6. The number of aromatic nitrogens is 4. The largest absolute Gasteiger partial charge is 0.197 e. The third-order valence-electron chi connectivity index (χ3n) is 1.94. The third-order valence-corrected chi connectivity index (χ3v) is 1.94. The highest BCUT2D eigenvalue weighted by Crippen LogP contribution is 2.11. The minimum atomic E-state index is 0.351. The molecule has 2 aromatic rings. The zero-order chi connectivity index (χ0) is 11.4.